The Hall–Kier alpha value is -3.06. The van der Waals surface area contributed by atoms with Crippen molar-refractivity contribution >= 4 is 42.7 Å². The third-order valence-corrected chi connectivity index (χ3v) is 4.39. The minimum absolute atomic E-state index is 0.245. The minimum atomic E-state index is -0.345. The molecule has 0 aliphatic rings. The highest BCUT2D eigenvalue weighted by atomic mass is 32.1. The van der Waals surface area contributed by atoms with Gasteiger partial charge < -0.3 is 14.2 Å². The summed E-state index contributed by atoms with van der Waals surface area (Å²) in [6.45, 7) is 3.79. The normalized spacial score (nSPS) is 10.7. The third kappa shape index (κ3) is 8.98. The van der Waals surface area contributed by atoms with Crippen LogP contribution in [0.15, 0.2) is 42.5 Å². The van der Waals surface area contributed by atoms with Crippen LogP contribution in [-0.2, 0) is 14.4 Å². The summed E-state index contributed by atoms with van der Waals surface area (Å²) in [5, 5.41) is 0. The molecule has 0 atom stereocenters. The first-order valence-electron chi connectivity index (χ1n) is 10.6. The molecule has 170 valence electrons. The van der Waals surface area contributed by atoms with Crippen molar-refractivity contribution in [1.29, 1.82) is 0 Å². The highest BCUT2D eigenvalue weighted by Crippen LogP contribution is 2.26. The van der Waals surface area contributed by atoms with E-state index in [9.17, 15) is 14.4 Å². The number of ether oxygens (including phenoxy) is 3. The van der Waals surface area contributed by atoms with Crippen molar-refractivity contribution < 1.29 is 28.6 Å². The Balaban J connectivity index is 2.18. The molecule has 0 saturated carbocycles. The van der Waals surface area contributed by atoms with Crippen LogP contribution in [0.1, 0.15) is 57.1 Å². The lowest BCUT2D eigenvalue weighted by Crippen LogP contribution is -2.09. The number of benzene rings is 2. The first-order valence-corrected chi connectivity index (χ1v) is 11.2. The van der Waals surface area contributed by atoms with Crippen LogP contribution in [0.2, 0.25) is 0 Å². The molecular formula is C25H28O6S. The molecule has 0 unspecified atom stereocenters. The van der Waals surface area contributed by atoms with Gasteiger partial charge in [0.1, 0.15) is 17.2 Å². The van der Waals surface area contributed by atoms with Crippen LogP contribution in [0.5, 0.6) is 17.2 Å². The van der Waals surface area contributed by atoms with Crippen LogP contribution in [-0.4, -0.2) is 23.7 Å². The van der Waals surface area contributed by atoms with Crippen LogP contribution >= 0.6 is 12.6 Å². The van der Waals surface area contributed by atoms with E-state index in [-0.39, 0.29) is 24.3 Å². The Bertz CT molecular complexity index is 911. The second-order valence-corrected chi connectivity index (χ2v) is 7.48. The fraction of sp³-hybridized carbons (Fsp3) is 0.320. The monoisotopic (exact) mass is 456 g/mol. The molecule has 0 bridgehead atoms. The summed E-state index contributed by atoms with van der Waals surface area (Å²) in [6, 6.07) is 12.0. The molecule has 0 amide bonds. The van der Waals surface area contributed by atoms with Crippen molar-refractivity contribution in [3.05, 3.63) is 53.6 Å². The van der Waals surface area contributed by atoms with E-state index in [1.165, 1.54) is 6.07 Å². The molecule has 0 aliphatic heterocycles. The van der Waals surface area contributed by atoms with Gasteiger partial charge in [0.15, 0.2) is 0 Å². The van der Waals surface area contributed by atoms with Gasteiger partial charge in [0.05, 0.1) is 6.42 Å². The lowest BCUT2D eigenvalue weighted by atomic mass is 10.1. The van der Waals surface area contributed by atoms with Gasteiger partial charge in [0.2, 0.25) is 0 Å². The molecule has 0 aliphatic carbocycles. The van der Waals surface area contributed by atoms with Gasteiger partial charge in [-0.1, -0.05) is 38.1 Å². The van der Waals surface area contributed by atoms with Crippen molar-refractivity contribution in [3.8, 4) is 17.2 Å². The van der Waals surface area contributed by atoms with Crippen LogP contribution in [0.4, 0.5) is 0 Å². The smallest absolute Gasteiger partial charge is 0.312 e. The van der Waals surface area contributed by atoms with Gasteiger partial charge in [-0.25, -0.2) is 0 Å². The number of hydrogen-bond acceptors (Lipinski definition) is 7. The molecule has 0 radical (unpaired) electrons. The van der Waals surface area contributed by atoms with Crippen molar-refractivity contribution in [2.45, 2.75) is 46.0 Å². The predicted molar refractivity (Wildman–Crippen MR) is 127 cm³/mol. The molecule has 0 spiro atoms. The van der Waals surface area contributed by atoms with E-state index in [1.807, 2.05) is 38.1 Å². The fourth-order valence-electron chi connectivity index (χ4n) is 2.69. The van der Waals surface area contributed by atoms with E-state index in [1.54, 1.807) is 24.3 Å². The lowest BCUT2D eigenvalue weighted by molar-refractivity contribution is -0.135. The molecule has 2 aromatic rings. The Morgan fingerprint density at radius 1 is 0.688 bits per heavy atom. The zero-order chi connectivity index (χ0) is 23.3. The Labute approximate surface area is 194 Å². The van der Waals surface area contributed by atoms with E-state index in [4.69, 9.17) is 14.2 Å². The maximum Gasteiger partial charge on any atom is 0.312 e. The van der Waals surface area contributed by atoms with Crippen LogP contribution in [0.25, 0.3) is 12.2 Å². The van der Waals surface area contributed by atoms with E-state index < -0.39 is 0 Å². The topological polar surface area (TPSA) is 78.9 Å². The minimum Gasteiger partial charge on any atom is -0.427 e. The van der Waals surface area contributed by atoms with Gasteiger partial charge in [-0.2, -0.15) is 12.6 Å². The quantitative estimate of drug-likeness (QED) is 0.208. The van der Waals surface area contributed by atoms with Gasteiger partial charge in [0.25, 0.3) is 0 Å². The summed E-state index contributed by atoms with van der Waals surface area (Å²) in [6.07, 6.45) is 5.87. The summed E-state index contributed by atoms with van der Waals surface area (Å²) >= 11 is 4.01. The van der Waals surface area contributed by atoms with Crippen molar-refractivity contribution in [2.24, 2.45) is 0 Å². The molecule has 0 saturated heterocycles. The predicted octanol–water partition coefficient (Wildman–Crippen LogP) is 5.49. The third-order valence-electron chi connectivity index (χ3n) is 4.17. The lowest BCUT2D eigenvalue weighted by Gasteiger charge is -2.09. The Morgan fingerprint density at radius 3 is 1.66 bits per heavy atom. The van der Waals surface area contributed by atoms with Gasteiger partial charge >= 0.3 is 17.9 Å². The van der Waals surface area contributed by atoms with Gasteiger partial charge in [0, 0.05) is 24.7 Å². The molecule has 0 N–H and O–H groups in total. The summed E-state index contributed by atoms with van der Waals surface area (Å²) in [5.74, 6) is 0.506. The Kier molecular flexibility index (Phi) is 10.5. The van der Waals surface area contributed by atoms with Crippen LogP contribution in [0, 0.1) is 0 Å². The highest BCUT2D eigenvalue weighted by molar-refractivity contribution is 7.80. The number of carbonyl (C=O) groups excluding carboxylic acids is 3. The molecule has 0 heterocycles. The zero-order valence-corrected chi connectivity index (χ0v) is 19.2. The maximum atomic E-state index is 11.9. The summed E-state index contributed by atoms with van der Waals surface area (Å²) in [5.41, 5.74) is 1.58. The van der Waals surface area contributed by atoms with Gasteiger partial charge in [-0.15, -0.1) is 0 Å². The average molecular weight is 457 g/mol. The second kappa shape index (κ2) is 13.4. The molecule has 2 aromatic carbocycles. The largest absolute Gasteiger partial charge is 0.427 e. The summed E-state index contributed by atoms with van der Waals surface area (Å²) in [4.78, 5) is 35.4. The van der Waals surface area contributed by atoms with E-state index in [2.05, 4.69) is 12.6 Å². The fourth-order valence-corrected chi connectivity index (χ4v) is 2.88. The maximum absolute atomic E-state index is 11.9. The van der Waals surface area contributed by atoms with Crippen molar-refractivity contribution in [2.75, 3.05) is 5.75 Å². The standard InChI is InChI=1S/C25H28O6S/c1-3-5-23(26)30-21-15-19(16-22(17-21)31-24(27)6-4-2)8-7-18-9-11-20(12-10-18)29-25(28)13-14-32/h7-12,15-17,32H,3-6,13-14H2,1-2H3/b8-7+. The second-order valence-electron chi connectivity index (χ2n) is 7.04. The average Bonchev–Trinajstić information content (AvgIpc) is 2.73. The number of rotatable bonds is 11. The van der Waals surface area contributed by atoms with Crippen LogP contribution in [0.3, 0.4) is 0 Å². The SMILES string of the molecule is CCCC(=O)Oc1cc(/C=C/c2ccc(OC(=O)CCS)cc2)cc(OC(=O)CCC)c1. The van der Waals surface area contributed by atoms with Crippen LogP contribution < -0.4 is 14.2 Å². The van der Waals surface area contributed by atoms with Gasteiger partial charge in [-0.3, -0.25) is 14.4 Å². The summed E-state index contributed by atoms with van der Waals surface area (Å²) in [7, 11) is 0. The molecule has 7 heteroatoms. The first kappa shape index (κ1) is 25.2. The first-order chi connectivity index (χ1) is 15.4. The molecule has 0 aromatic heterocycles. The zero-order valence-electron chi connectivity index (χ0n) is 18.3. The number of carbonyl (C=O) groups is 3. The molecular weight excluding hydrogens is 428 g/mol. The molecule has 0 fully saturated rings. The summed E-state index contributed by atoms with van der Waals surface area (Å²) < 4.78 is 16.0. The van der Waals surface area contributed by atoms with E-state index >= 15 is 0 Å². The van der Waals surface area contributed by atoms with Crippen molar-refractivity contribution in [3.63, 3.8) is 0 Å². The molecule has 6 nitrogen and oxygen atoms in total. The highest BCUT2D eigenvalue weighted by Gasteiger charge is 2.10. The number of esters is 3. The van der Waals surface area contributed by atoms with E-state index in [0.717, 1.165) is 5.56 Å². The number of thiol groups is 1. The van der Waals surface area contributed by atoms with Crippen molar-refractivity contribution in [1.82, 2.24) is 0 Å². The molecule has 2 rings (SSSR count). The van der Waals surface area contributed by atoms with E-state index in [0.29, 0.717) is 54.2 Å². The Morgan fingerprint density at radius 2 is 1.16 bits per heavy atom. The number of hydrogen-bond donors (Lipinski definition) is 1. The molecule has 32 heavy (non-hydrogen) atoms. The van der Waals surface area contributed by atoms with Gasteiger partial charge in [-0.05, 0) is 48.2 Å².